The van der Waals surface area contributed by atoms with Crippen LogP contribution in [0.2, 0.25) is 5.02 Å². The molecule has 0 saturated carbocycles. The van der Waals surface area contributed by atoms with E-state index in [0.717, 1.165) is 30.2 Å². The summed E-state index contributed by atoms with van der Waals surface area (Å²) in [5, 5.41) is 3.53. The van der Waals surface area contributed by atoms with Crippen LogP contribution in [0.15, 0.2) is 51.8 Å². The number of nitrogens with zero attached hydrogens (tertiary/aromatic N) is 2. The molecule has 0 bridgehead atoms. The number of rotatable bonds is 6. The molecule has 0 atom stereocenters. The smallest absolute Gasteiger partial charge is 0.286 e. The molecule has 9 heteroatoms. The largest absolute Gasteiger partial charge is 0.324 e. The van der Waals surface area contributed by atoms with Crippen LogP contribution in [-0.2, 0) is 14.8 Å². The van der Waals surface area contributed by atoms with Crippen molar-refractivity contribution in [1.29, 1.82) is 0 Å². The van der Waals surface area contributed by atoms with Crippen molar-refractivity contribution in [2.45, 2.75) is 31.6 Å². The van der Waals surface area contributed by atoms with Crippen LogP contribution in [0.5, 0.6) is 0 Å². The summed E-state index contributed by atoms with van der Waals surface area (Å²) >= 11 is 7.26. The van der Waals surface area contributed by atoms with Gasteiger partial charge in [0, 0.05) is 6.54 Å². The van der Waals surface area contributed by atoms with Gasteiger partial charge in [0.25, 0.3) is 10.0 Å². The van der Waals surface area contributed by atoms with E-state index in [-0.39, 0.29) is 16.6 Å². The zero-order chi connectivity index (χ0) is 21.0. The number of hydrogen-bond acceptors (Lipinski definition) is 5. The highest BCUT2D eigenvalue weighted by atomic mass is 35.5. The lowest BCUT2D eigenvalue weighted by Crippen LogP contribution is -2.35. The Labute approximate surface area is 180 Å². The van der Waals surface area contributed by atoms with Gasteiger partial charge in [-0.25, -0.2) is 0 Å². The van der Waals surface area contributed by atoms with Crippen molar-refractivity contribution < 1.29 is 13.2 Å². The summed E-state index contributed by atoms with van der Waals surface area (Å²) in [6.45, 7) is 4.60. The lowest BCUT2D eigenvalue weighted by molar-refractivity contribution is -0.113. The lowest BCUT2D eigenvalue weighted by atomic mass is 10.2. The first-order chi connectivity index (χ1) is 13.8. The maximum atomic E-state index is 12.6. The summed E-state index contributed by atoms with van der Waals surface area (Å²) in [4.78, 5) is 14.5. The third-order valence-electron chi connectivity index (χ3n) is 4.33. The van der Waals surface area contributed by atoms with Gasteiger partial charge in [-0.1, -0.05) is 54.9 Å². The molecule has 0 radical (unpaired) electrons. The lowest BCUT2D eigenvalue weighted by Gasteiger charge is -2.30. The highest BCUT2D eigenvalue weighted by Crippen LogP contribution is 2.34. The van der Waals surface area contributed by atoms with Gasteiger partial charge in [-0.15, -0.1) is 4.40 Å². The first-order valence-corrected chi connectivity index (χ1v) is 12.0. The van der Waals surface area contributed by atoms with Gasteiger partial charge in [0.1, 0.15) is 4.90 Å². The number of thioether (sulfide) groups is 1. The van der Waals surface area contributed by atoms with Gasteiger partial charge < -0.3 is 10.2 Å². The first kappa shape index (κ1) is 21.7. The summed E-state index contributed by atoms with van der Waals surface area (Å²) in [7, 11) is -3.79. The number of para-hydroxylation sites is 1. The SMILES string of the molecule is CCCCN1C(SCC(=O)Nc2ccc(C)cc2Cl)=NS(=O)(=O)c2ccccc21. The Balaban J connectivity index is 1.77. The molecule has 154 valence electrons. The molecule has 0 saturated heterocycles. The monoisotopic (exact) mass is 451 g/mol. The van der Waals surface area contributed by atoms with Crippen molar-refractivity contribution in [3.63, 3.8) is 0 Å². The van der Waals surface area contributed by atoms with E-state index in [4.69, 9.17) is 11.6 Å². The molecule has 2 aromatic rings. The molecular formula is C20H22ClN3O3S2. The van der Waals surface area contributed by atoms with Crippen LogP contribution in [0.4, 0.5) is 11.4 Å². The van der Waals surface area contributed by atoms with Crippen LogP contribution in [0.25, 0.3) is 0 Å². The van der Waals surface area contributed by atoms with Crippen LogP contribution in [0.3, 0.4) is 0 Å². The molecule has 1 aliphatic heterocycles. The second kappa shape index (κ2) is 9.19. The van der Waals surface area contributed by atoms with Gasteiger partial charge in [0.15, 0.2) is 5.17 Å². The second-order valence-electron chi connectivity index (χ2n) is 6.64. The molecule has 1 aliphatic rings. The number of carbonyl (C=O) groups excluding carboxylic acids is 1. The number of anilines is 2. The van der Waals surface area contributed by atoms with Gasteiger partial charge in [-0.3, -0.25) is 4.79 Å². The summed E-state index contributed by atoms with van der Waals surface area (Å²) in [6, 6.07) is 12.2. The molecule has 29 heavy (non-hydrogen) atoms. The van der Waals surface area contributed by atoms with Crippen molar-refractivity contribution in [3.8, 4) is 0 Å². The molecule has 1 amide bonds. The number of hydrogen-bond donors (Lipinski definition) is 1. The summed E-state index contributed by atoms with van der Waals surface area (Å²) < 4.78 is 29.1. The molecule has 3 rings (SSSR count). The van der Waals surface area contributed by atoms with Crippen LogP contribution >= 0.6 is 23.4 Å². The fourth-order valence-corrected chi connectivity index (χ4v) is 5.44. The zero-order valence-corrected chi connectivity index (χ0v) is 18.6. The number of benzene rings is 2. The van der Waals surface area contributed by atoms with Gasteiger partial charge in [-0.05, 0) is 43.2 Å². The average molecular weight is 452 g/mol. The summed E-state index contributed by atoms with van der Waals surface area (Å²) in [6.07, 6.45) is 1.83. The molecule has 1 heterocycles. The van der Waals surface area contributed by atoms with E-state index < -0.39 is 10.0 Å². The van der Waals surface area contributed by atoms with Crippen LogP contribution < -0.4 is 10.2 Å². The molecular weight excluding hydrogens is 430 g/mol. The summed E-state index contributed by atoms with van der Waals surface area (Å²) in [5.41, 5.74) is 2.11. The topological polar surface area (TPSA) is 78.8 Å². The Morgan fingerprint density at radius 2 is 2.00 bits per heavy atom. The summed E-state index contributed by atoms with van der Waals surface area (Å²) in [5.74, 6) is -0.265. The average Bonchev–Trinajstić information content (AvgIpc) is 2.68. The van der Waals surface area contributed by atoms with Crippen molar-refractivity contribution >= 4 is 55.8 Å². The van der Waals surface area contributed by atoms with E-state index >= 15 is 0 Å². The highest BCUT2D eigenvalue weighted by molar-refractivity contribution is 8.15. The molecule has 0 aliphatic carbocycles. The molecule has 0 spiro atoms. The van der Waals surface area contributed by atoms with Crippen molar-refractivity contribution in [1.82, 2.24) is 0 Å². The minimum atomic E-state index is -3.79. The van der Waals surface area contributed by atoms with Gasteiger partial charge in [0.2, 0.25) is 5.91 Å². The van der Waals surface area contributed by atoms with E-state index in [2.05, 4.69) is 16.6 Å². The van der Waals surface area contributed by atoms with E-state index in [0.29, 0.717) is 28.1 Å². The number of aryl methyl sites for hydroxylation is 1. The predicted octanol–water partition coefficient (Wildman–Crippen LogP) is 4.69. The van der Waals surface area contributed by atoms with E-state index in [9.17, 15) is 13.2 Å². The number of nitrogens with one attached hydrogen (secondary N) is 1. The number of amides is 1. The standard InChI is InChI=1S/C20H22ClN3O3S2/c1-3-4-11-24-17-7-5-6-8-18(17)29(26,27)23-20(24)28-13-19(25)22-16-10-9-14(2)12-15(16)21/h5-10,12H,3-4,11,13H2,1-2H3,(H,22,25). The molecule has 1 N–H and O–H groups in total. The van der Waals surface area contributed by atoms with E-state index in [1.54, 1.807) is 36.4 Å². The Morgan fingerprint density at radius 1 is 1.24 bits per heavy atom. The normalized spacial score (nSPS) is 14.9. The van der Waals surface area contributed by atoms with E-state index in [1.807, 2.05) is 17.9 Å². The minimum absolute atomic E-state index is 0.0172. The third kappa shape index (κ3) is 5.12. The predicted molar refractivity (Wildman–Crippen MR) is 121 cm³/mol. The molecule has 2 aromatic carbocycles. The fourth-order valence-electron chi connectivity index (χ4n) is 2.88. The van der Waals surface area contributed by atoms with Crippen LogP contribution in [0.1, 0.15) is 25.3 Å². The number of sulfonamides is 1. The van der Waals surface area contributed by atoms with Gasteiger partial charge >= 0.3 is 0 Å². The zero-order valence-electron chi connectivity index (χ0n) is 16.2. The third-order valence-corrected chi connectivity index (χ3v) is 7.05. The molecule has 6 nitrogen and oxygen atoms in total. The Morgan fingerprint density at radius 3 is 2.72 bits per heavy atom. The van der Waals surface area contributed by atoms with Crippen molar-refractivity contribution in [2.75, 3.05) is 22.5 Å². The molecule has 0 aromatic heterocycles. The highest BCUT2D eigenvalue weighted by Gasteiger charge is 2.30. The maximum absolute atomic E-state index is 12.6. The van der Waals surface area contributed by atoms with Crippen molar-refractivity contribution in [3.05, 3.63) is 53.1 Å². The number of carbonyl (C=O) groups is 1. The van der Waals surface area contributed by atoms with Crippen LogP contribution in [0, 0.1) is 6.92 Å². The number of amidine groups is 1. The fraction of sp³-hybridized carbons (Fsp3) is 0.300. The maximum Gasteiger partial charge on any atom is 0.286 e. The first-order valence-electron chi connectivity index (χ1n) is 9.22. The van der Waals surface area contributed by atoms with Crippen molar-refractivity contribution in [2.24, 2.45) is 4.40 Å². The second-order valence-corrected chi connectivity index (χ2v) is 9.56. The number of fused-ring (bicyclic) bond motifs is 1. The van der Waals surface area contributed by atoms with E-state index in [1.165, 1.54) is 0 Å². The quantitative estimate of drug-likeness (QED) is 0.689. The van der Waals surface area contributed by atoms with Crippen LogP contribution in [-0.4, -0.2) is 31.8 Å². The molecule has 0 fully saturated rings. The Hall–Kier alpha value is -2.03. The molecule has 0 unspecified atom stereocenters. The Bertz CT molecular complexity index is 1050. The Kier molecular flexibility index (Phi) is 6.87. The van der Waals surface area contributed by atoms with Gasteiger partial charge in [-0.2, -0.15) is 8.42 Å². The number of halogens is 1. The minimum Gasteiger partial charge on any atom is -0.324 e. The van der Waals surface area contributed by atoms with Gasteiger partial charge in [0.05, 0.1) is 22.2 Å². The number of unbranched alkanes of at least 4 members (excludes halogenated alkanes) is 1.